The van der Waals surface area contributed by atoms with Gasteiger partial charge in [-0.1, -0.05) is 12.1 Å². The number of ether oxygens (including phenoxy) is 1. The minimum absolute atomic E-state index is 0. The largest absolute Gasteiger partial charge is 0.493 e. The molecule has 140 valence electrons. The maximum atomic E-state index is 5.57. The van der Waals surface area contributed by atoms with Crippen LogP contribution in [0.5, 0.6) is 5.75 Å². The summed E-state index contributed by atoms with van der Waals surface area (Å²) in [6.45, 7) is 4.66. The van der Waals surface area contributed by atoms with Crippen molar-refractivity contribution in [3.63, 3.8) is 0 Å². The molecule has 0 radical (unpaired) electrons. The van der Waals surface area contributed by atoms with Crippen LogP contribution in [0.4, 0.5) is 0 Å². The van der Waals surface area contributed by atoms with Crippen LogP contribution < -0.4 is 15.4 Å². The van der Waals surface area contributed by atoms with Gasteiger partial charge in [0.15, 0.2) is 5.96 Å². The molecule has 1 aliphatic heterocycles. The third-order valence-electron chi connectivity index (χ3n) is 4.83. The van der Waals surface area contributed by atoms with E-state index >= 15 is 0 Å². The summed E-state index contributed by atoms with van der Waals surface area (Å²) < 4.78 is 5.57. The highest BCUT2D eigenvalue weighted by Crippen LogP contribution is 2.28. The number of nitrogens with zero attached hydrogens (tertiary/aromatic N) is 1. The van der Waals surface area contributed by atoms with E-state index in [4.69, 9.17) is 9.73 Å². The van der Waals surface area contributed by atoms with Gasteiger partial charge < -0.3 is 15.4 Å². The molecule has 1 saturated carbocycles. The molecule has 2 aliphatic rings. The van der Waals surface area contributed by atoms with Crippen molar-refractivity contribution in [3.05, 3.63) is 29.3 Å². The quantitative estimate of drug-likeness (QED) is 0.375. The number of nitrogens with one attached hydrogen (secondary N) is 2. The van der Waals surface area contributed by atoms with Crippen LogP contribution in [0.1, 0.15) is 37.3 Å². The number of hydrogen-bond donors (Lipinski definition) is 2. The van der Waals surface area contributed by atoms with Gasteiger partial charge in [0.25, 0.3) is 0 Å². The summed E-state index contributed by atoms with van der Waals surface area (Å²) in [7, 11) is 0. The van der Waals surface area contributed by atoms with Gasteiger partial charge in [0.05, 0.1) is 6.61 Å². The van der Waals surface area contributed by atoms with Crippen LogP contribution in [0.3, 0.4) is 0 Å². The van der Waals surface area contributed by atoms with E-state index < -0.39 is 0 Å². The number of rotatable bonds is 6. The van der Waals surface area contributed by atoms with Crippen LogP contribution in [0.2, 0.25) is 0 Å². The van der Waals surface area contributed by atoms with Gasteiger partial charge in [0, 0.05) is 30.8 Å². The fourth-order valence-corrected chi connectivity index (χ4v) is 4.29. The van der Waals surface area contributed by atoms with Gasteiger partial charge in [-0.05, 0) is 56.1 Å². The summed E-state index contributed by atoms with van der Waals surface area (Å²) in [5, 5.41) is 7.80. The Labute approximate surface area is 173 Å². The highest BCUT2D eigenvalue weighted by molar-refractivity contribution is 14.0. The van der Waals surface area contributed by atoms with Gasteiger partial charge in [-0.25, -0.2) is 0 Å². The van der Waals surface area contributed by atoms with Gasteiger partial charge in [0.2, 0.25) is 0 Å². The Hall–Kier alpha value is -0.630. The third-order valence-corrected chi connectivity index (χ3v) is 5.92. The number of guanidine groups is 1. The van der Waals surface area contributed by atoms with Crippen LogP contribution in [0.15, 0.2) is 23.2 Å². The molecule has 4 nitrogen and oxygen atoms in total. The number of thioether (sulfide) groups is 1. The molecule has 6 heteroatoms. The average molecular weight is 475 g/mol. The maximum Gasteiger partial charge on any atom is 0.191 e. The zero-order valence-corrected chi connectivity index (χ0v) is 18.4. The minimum atomic E-state index is 0. The molecular weight excluding hydrogens is 445 g/mol. The maximum absolute atomic E-state index is 5.57. The first-order valence-electron chi connectivity index (χ1n) is 9.10. The van der Waals surface area contributed by atoms with E-state index in [9.17, 15) is 0 Å². The first-order chi connectivity index (χ1) is 11.8. The zero-order valence-electron chi connectivity index (χ0n) is 15.2. The molecule has 25 heavy (non-hydrogen) atoms. The summed E-state index contributed by atoms with van der Waals surface area (Å²) in [5.41, 5.74) is 2.69. The summed E-state index contributed by atoms with van der Waals surface area (Å²) >= 11 is 1.99. The van der Waals surface area contributed by atoms with E-state index in [0.717, 1.165) is 49.5 Å². The smallest absolute Gasteiger partial charge is 0.191 e. The summed E-state index contributed by atoms with van der Waals surface area (Å²) in [4.78, 5) is 4.77. The number of benzene rings is 1. The van der Waals surface area contributed by atoms with Gasteiger partial charge in [-0.2, -0.15) is 11.8 Å². The van der Waals surface area contributed by atoms with E-state index in [1.54, 1.807) is 0 Å². The molecule has 0 bridgehead atoms. The van der Waals surface area contributed by atoms with Crippen molar-refractivity contribution in [3.8, 4) is 5.75 Å². The summed E-state index contributed by atoms with van der Waals surface area (Å²) in [5.74, 6) is 2.02. The van der Waals surface area contributed by atoms with Crippen molar-refractivity contribution in [1.82, 2.24) is 10.6 Å². The highest BCUT2D eigenvalue weighted by atomic mass is 127. The third kappa shape index (κ3) is 5.94. The number of aliphatic imine (C=N–C) groups is 1. The molecule has 1 aliphatic carbocycles. The zero-order chi connectivity index (χ0) is 16.8. The average Bonchev–Trinajstić information content (AvgIpc) is 3.23. The monoisotopic (exact) mass is 475 g/mol. The topological polar surface area (TPSA) is 45.7 Å². The van der Waals surface area contributed by atoms with Crippen molar-refractivity contribution in [2.75, 3.05) is 26.0 Å². The van der Waals surface area contributed by atoms with Crippen LogP contribution in [-0.4, -0.2) is 43.2 Å². The second-order valence-corrected chi connectivity index (χ2v) is 7.70. The highest BCUT2D eigenvalue weighted by Gasteiger charge is 2.24. The molecule has 1 fully saturated rings. The van der Waals surface area contributed by atoms with Crippen LogP contribution in [0.25, 0.3) is 0 Å². The lowest BCUT2D eigenvalue weighted by Gasteiger charge is -2.17. The second-order valence-electron chi connectivity index (χ2n) is 6.56. The molecule has 0 aromatic heterocycles. The lowest BCUT2D eigenvalue weighted by molar-refractivity contribution is 0.357. The Balaban J connectivity index is 0.00000225. The molecule has 1 aromatic rings. The number of fused-ring (bicyclic) bond motifs is 1. The molecule has 3 rings (SSSR count). The summed E-state index contributed by atoms with van der Waals surface area (Å²) in [6.07, 6.45) is 8.04. The van der Waals surface area contributed by atoms with E-state index in [-0.39, 0.29) is 24.0 Å². The lowest BCUT2D eigenvalue weighted by Crippen LogP contribution is -2.42. The second kappa shape index (κ2) is 10.5. The Kier molecular flexibility index (Phi) is 8.69. The molecular formula is C19H30IN3OS. The summed E-state index contributed by atoms with van der Waals surface area (Å²) in [6, 6.07) is 7.11. The molecule has 1 aromatic carbocycles. The van der Waals surface area contributed by atoms with E-state index in [1.807, 2.05) is 11.8 Å². The Morgan fingerprint density at radius 3 is 3.00 bits per heavy atom. The standard InChI is InChI=1S/C19H29N3OS.HI/c1-3-20-19(22-16-5-6-17(13-16)24-2)21-10-8-14-4-7-18-15(12-14)9-11-23-18;/h4,7,12,16-17H,3,5-6,8-11,13H2,1-2H3,(H2,20,21,22);1H. The number of halogens is 1. The molecule has 2 N–H and O–H groups in total. The minimum Gasteiger partial charge on any atom is -0.493 e. The SMILES string of the molecule is CCNC(=NCCc1ccc2c(c1)CCO2)NC1CCC(SC)C1.I. The molecule has 0 saturated heterocycles. The van der Waals surface area contributed by atoms with Crippen molar-refractivity contribution >= 4 is 41.7 Å². The molecule has 2 atom stereocenters. The van der Waals surface area contributed by atoms with Crippen LogP contribution in [-0.2, 0) is 12.8 Å². The van der Waals surface area contributed by atoms with Gasteiger partial charge >= 0.3 is 0 Å². The van der Waals surface area contributed by atoms with Gasteiger partial charge in [-0.3, -0.25) is 4.99 Å². The fraction of sp³-hybridized carbons (Fsp3) is 0.632. The van der Waals surface area contributed by atoms with E-state index in [1.165, 1.54) is 30.4 Å². The Bertz CT molecular complexity index is 582. The van der Waals surface area contributed by atoms with Crippen molar-refractivity contribution in [1.29, 1.82) is 0 Å². The Morgan fingerprint density at radius 2 is 2.24 bits per heavy atom. The fourth-order valence-electron chi connectivity index (χ4n) is 3.49. The lowest BCUT2D eigenvalue weighted by atomic mass is 10.1. The molecule has 0 spiro atoms. The number of hydrogen-bond acceptors (Lipinski definition) is 3. The van der Waals surface area contributed by atoms with Crippen LogP contribution >= 0.6 is 35.7 Å². The van der Waals surface area contributed by atoms with E-state index in [2.05, 4.69) is 42.0 Å². The van der Waals surface area contributed by atoms with Crippen molar-refractivity contribution < 1.29 is 4.74 Å². The predicted octanol–water partition coefficient (Wildman–Crippen LogP) is 3.62. The van der Waals surface area contributed by atoms with Crippen molar-refractivity contribution in [2.45, 2.75) is 50.3 Å². The first-order valence-corrected chi connectivity index (χ1v) is 10.4. The van der Waals surface area contributed by atoms with Gasteiger partial charge in [0.1, 0.15) is 5.75 Å². The van der Waals surface area contributed by atoms with Crippen LogP contribution in [0, 0.1) is 0 Å². The Morgan fingerprint density at radius 1 is 1.36 bits per heavy atom. The van der Waals surface area contributed by atoms with E-state index in [0.29, 0.717) is 6.04 Å². The van der Waals surface area contributed by atoms with Crippen molar-refractivity contribution in [2.24, 2.45) is 4.99 Å². The van der Waals surface area contributed by atoms with Gasteiger partial charge in [-0.15, -0.1) is 24.0 Å². The first kappa shape index (κ1) is 20.7. The normalized spacial score (nSPS) is 22.1. The predicted molar refractivity (Wildman–Crippen MR) is 119 cm³/mol. The molecule has 2 unspecified atom stereocenters. The molecule has 0 amide bonds. The molecule has 1 heterocycles.